The maximum absolute atomic E-state index is 12.7. The molecule has 4 rings (SSSR count). The van der Waals surface area contributed by atoms with Crippen LogP contribution in [-0.4, -0.2) is 34.8 Å². The first-order valence-electron chi connectivity index (χ1n) is 7.98. The van der Waals surface area contributed by atoms with Crippen molar-refractivity contribution in [3.05, 3.63) is 40.3 Å². The van der Waals surface area contributed by atoms with Gasteiger partial charge in [-0.3, -0.25) is 4.79 Å². The number of anilines is 1. The lowest BCUT2D eigenvalue weighted by atomic mass is 9.85. The number of benzene rings is 1. The van der Waals surface area contributed by atoms with Crippen molar-refractivity contribution in [1.82, 2.24) is 14.8 Å². The van der Waals surface area contributed by atoms with Crippen LogP contribution in [0.4, 0.5) is 5.95 Å². The summed E-state index contributed by atoms with van der Waals surface area (Å²) in [5.41, 5.74) is 2.43. The summed E-state index contributed by atoms with van der Waals surface area (Å²) < 4.78 is 12.4. The lowest BCUT2D eigenvalue weighted by molar-refractivity contribution is -0.116. The third-order valence-electron chi connectivity index (χ3n) is 4.58. The van der Waals surface area contributed by atoms with Crippen molar-refractivity contribution < 1.29 is 14.3 Å². The number of allylic oxidation sites excluding steroid dienone is 2. The van der Waals surface area contributed by atoms with Crippen LogP contribution in [0.1, 0.15) is 30.9 Å². The maximum Gasteiger partial charge on any atom is 0.226 e. The number of ketones is 1. The smallest absolute Gasteiger partial charge is 0.226 e. The summed E-state index contributed by atoms with van der Waals surface area (Å²) in [6.45, 7) is 0. The SMILES string of the molecule is COc1cc(C2C3=C(CCCC3=O)Nc3ncnn32)cc(Cl)c1OC. The first-order chi connectivity index (χ1) is 12.1. The lowest BCUT2D eigenvalue weighted by Gasteiger charge is -2.32. The van der Waals surface area contributed by atoms with Crippen LogP contribution < -0.4 is 14.8 Å². The Bertz CT molecular complexity index is 890. The number of ether oxygens (including phenoxy) is 2. The Balaban J connectivity index is 1.92. The van der Waals surface area contributed by atoms with Crippen molar-refractivity contribution in [3.8, 4) is 11.5 Å². The molecule has 1 aromatic heterocycles. The van der Waals surface area contributed by atoms with E-state index in [-0.39, 0.29) is 11.8 Å². The molecule has 2 aromatic rings. The van der Waals surface area contributed by atoms with E-state index in [1.807, 2.05) is 6.07 Å². The number of carbonyl (C=O) groups excluding carboxylic acids is 1. The summed E-state index contributed by atoms with van der Waals surface area (Å²) in [5, 5.41) is 7.96. The van der Waals surface area contributed by atoms with Crippen LogP contribution in [0.25, 0.3) is 0 Å². The number of fused-ring (bicyclic) bond motifs is 1. The summed E-state index contributed by atoms with van der Waals surface area (Å²) in [4.78, 5) is 16.9. The predicted octanol–water partition coefficient (Wildman–Crippen LogP) is 2.97. The van der Waals surface area contributed by atoms with E-state index in [0.717, 1.165) is 24.1 Å². The fourth-order valence-corrected chi connectivity index (χ4v) is 3.80. The Morgan fingerprint density at radius 1 is 1.28 bits per heavy atom. The number of halogens is 1. The quantitative estimate of drug-likeness (QED) is 0.906. The molecule has 1 atom stereocenters. The number of nitrogens with one attached hydrogen (secondary N) is 1. The standard InChI is InChI=1S/C17H17ClN4O3/c1-24-13-7-9(6-10(18)16(13)25-2)15-14-11(4-3-5-12(14)23)21-17-19-8-20-22(15)17/h6-8,15H,3-5H2,1-2H3,(H,19,20,21). The largest absolute Gasteiger partial charge is 0.493 e. The zero-order valence-corrected chi connectivity index (χ0v) is 14.6. The van der Waals surface area contributed by atoms with Crippen LogP contribution in [0.2, 0.25) is 5.02 Å². The molecule has 2 heterocycles. The van der Waals surface area contributed by atoms with Gasteiger partial charge in [-0.05, 0) is 30.5 Å². The van der Waals surface area contributed by atoms with E-state index in [1.165, 1.54) is 13.4 Å². The highest BCUT2D eigenvalue weighted by Crippen LogP contribution is 2.44. The Kier molecular flexibility index (Phi) is 3.88. The van der Waals surface area contributed by atoms with E-state index in [1.54, 1.807) is 17.9 Å². The zero-order chi connectivity index (χ0) is 17.6. The Hall–Kier alpha value is -2.54. The van der Waals surface area contributed by atoms with Gasteiger partial charge in [0.25, 0.3) is 0 Å². The number of aromatic nitrogens is 3. The van der Waals surface area contributed by atoms with Crippen LogP contribution in [0.3, 0.4) is 0 Å². The van der Waals surface area contributed by atoms with Gasteiger partial charge in [-0.15, -0.1) is 0 Å². The summed E-state index contributed by atoms with van der Waals surface area (Å²) in [7, 11) is 3.09. The molecule has 1 aliphatic carbocycles. The van der Waals surface area contributed by atoms with Crippen molar-refractivity contribution in [3.63, 3.8) is 0 Å². The fraction of sp³-hybridized carbons (Fsp3) is 0.353. The van der Waals surface area contributed by atoms with Gasteiger partial charge in [0.05, 0.1) is 19.2 Å². The number of rotatable bonds is 3. The lowest BCUT2D eigenvalue weighted by Crippen LogP contribution is -2.31. The molecular weight excluding hydrogens is 344 g/mol. The van der Waals surface area contributed by atoms with Crippen molar-refractivity contribution in [2.45, 2.75) is 25.3 Å². The van der Waals surface area contributed by atoms with Crippen molar-refractivity contribution in [2.24, 2.45) is 0 Å². The first-order valence-corrected chi connectivity index (χ1v) is 8.36. The molecule has 0 amide bonds. The summed E-state index contributed by atoms with van der Waals surface area (Å²) in [6, 6.07) is 3.23. The van der Waals surface area contributed by atoms with Gasteiger partial charge < -0.3 is 14.8 Å². The van der Waals surface area contributed by atoms with Crippen LogP contribution >= 0.6 is 11.6 Å². The molecule has 0 spiro atoms. The van der Waals surface area contributed by atoms with Gasteiger partial charge in [-0.25, -0.2) is 4.68 Å². The van der Waals surface area contributed by atoms with Gasteiger partial charge >= 0.3 is 0 Å². The van der Waals surface area contributed by atoms with E-state index >= 15 is 0 Å². The molecule has 0 bridgehead atoms. The van der Waals surface area contributed by atoms with Crippen LogP contribution in [0.15, 0.2) is 29.7 Å². The zero-order valence-electron chi connectivity index (χ0n) is 13.9. The molecule has 1 aromatic carbocycles. The van der Waals surface area contributed by atoms with Crippen LogP contribution in [0, 0.1) is 0 Å². The average molecular weight is 361 g/mol. The molecule has 130 valence electrons. The number of hydrogen-bond donors (Lipinski definition) is 1. The van der Waals surface area contributed by atoms with E-state index in [4.69, 9.17) is 21.1 Å². The number of methoxy groups -OCH3 is 2. The minimum atomic E-state index is -0.390. The summed E-state index contributed by atoms with van der Waals surface area (Å²) in [6.07, 6.45) is 3.65. The van der Waals surface area contributed by atoms with E-state index in [0.29, 0.717) is 34.5 Å². The fourth-order valence-electron chi connectivity index (χ4n) is 3.50. The molecule has 25 heavy (non-hydrogen) atoms. The molecule has 2 aliphatic rings. The highest BCUT2D eigenvalue weighted by atomic mass is 35.5. The molecular formula is C17H17ClN4O3. The average Bonchev–Trinajstić information content (AvgIpc) is 3.07. The molecule has 0 fully saturated rings. The van der Waals surface area contributed by atoms with Gasteiger partial charge in [-0.2, -0.15) is 10.1 Å². The highest BCUT2D eigenvalue weighted by Gasteiger charge is 2.36. The van der Waals surface area contributed by atoms with Gasteiger partial charge in [0, 0.05) is 17.7 Å². The molecule has 0 radical (unpaired) electrons. The van der Waals surface area contributed by atoms with Crippen LogP contribution in [-0.2, 0) is 4.79 Å². The first kappa shape index (κ1) is 16.0. The summed E-state index contributed by atoms with van der Waals surface area (Å²) in [5.74, 6) is 1.70. The molecule has 8 heteroatoms. The highest BCUT2D eigenvalue weighted by molar-refractivity contribution is 6.32. The minimum Gasteiger partial charge on any atom is -0.493 e. The number of carbonyl (C=O) groups is 1. The third-order valence-corrected chi connectivity index (χ3v) is 4.86. The van der Waals surface area contributed by atoms with Gasteiger partial charge in [-0.1, -0.05) is 11.6 Å². The topological polar surface area (TPSA) is 78.3 Å². The third kappa shape index (κ3) is 2.46. The van der Waals surface area contributed by atoms with Crippen molar-refractivity contribution >= 4 is 23.3 Å². The van der Waals surface area contributed by atoms with Gasteiger partial charge in [0.15, 0.2) is 17.3 Å². The molecule has 0 saturated carbocycles. The van der Waals surface area contributed by atoms with E-state index < -0.39 is 0 Å². The predicted molar refractivity (Wildman–Crippen MR) is 92.2 cm³/mol. The number of nitrogens with zero attached hydrogens (tertiary/aromatic N) is 3. The number of hydrogen-bond acceptors (Lipinski definition) is 6. The second kappa shape index (κ2) is 6.07. The van der Waals surface area contributed by atoms with Gasteiger partial charge in [0.1, 0.15) is 12.4 Å². The molecule has 1 aliphatic heterocycles. The van der Waals surface area contributed by atoms with Crippen molar-refractivity contribution in [1.29, 1.82) is 0 Å². The van der Waals surface area contributed by atoms with Crippen molar-refractivity contribution in [2.75, 3.05) is 19.5 Å². The monoisotopic (exact) mass is 360 g/mol. The normalized spacial score (nSPS) is 19.2. The second-order valence-corrected chi connectivity index (χ2v) is 6.37. The Morgan fingerprint density at radius 2 is 2.12 bits per heavy atom. The second-order valence-electron chi connectivity index (χ2n) is 5.96. The molecule has 1 N–H and O–H groups in total. The molecule has 7 nitrogen and oxygen atoms in total. The molecule has 0 saturated heterocycles. The molecule has 1 unspecified atom stereocenters. The summed E-state index contributed by atoms with van der Waals surface area (Å²) >= 11 is 6.38. The Labute approximate surface area is 149 Å². The minimum absolute atomic E-state index is 0.116. The van der Waals surface area contributed by atoms with Gasteiger partial charge in [0.2, 0.25) is 5.95 Å². The van der Waals surface area contributed by atoms with E-state index in [9.17, 15) is 4.79 Å². The van der Waals surface area contributed by atoms with E-state index in [2.05, 4.69) is 15.4 Å². The van der Waals surface area contributed by atoms with Crippen LogP contribution in [0.5, 0.6) is 11.5 Å². The Morgan fingerprint density at radius 3 is 2.88 bits per heavy atom. The maximum atomic E-state index is 12.7. The number of Topliss-reactive ketones (excluding diaryl/α,β-unsaturated/α-hetero) is 1.